The van der Waals surface area contributed by atoms with Crippen LogP contribution in [0.2, 0.25) is 0 Å². The van der Waals surface area contributed by atoms with E-state index in [0.29, 0.717) is 12.0 Å². The van der Waals surface area contributed by atoms with E-state index in [2.05, 4.69) is 4.18 Å². The number of hydrogen-bond acceptors (Lipinski definition) is 4. The van der Waals surface area contributed by atoms with E-state index in [1.807, 2.05) is 0 Å². The molecule has 0 spiro atoms. The Morgan fingerprint density at radius 2 is 1.93 bits per heavy atom. The van der Waals surface area contributed by atoms with Crippen LogP contribution in [0, 0.1) is 0 Å². The van der Waals surface area contributed by atoms with Gasteiger partial charge in [0.2, 0.25) is 0 Å². The van der Waals surface area contributed by atoms with Gasteiger partial charge >= 0.3 is 16.6 Å². The maximum absolute atomic E-state index is 11.5. The summed E-state index contributed by atoms with van der Waals surface area (Å²) >= 11 is 0. The number of benzene rings is 1. The van der Waals surface area contributed by atoms with Gasteiger partial charge in [-0.15, -0.1) is 0 Å². The lowest BCUT2D eigenvalue weighted by Crippen LogP contribution is -2.15. The van der Waals surface area contributed by atoms with Gasteiger partial charge in [0.25, 0.3) is 0 Å². The molecule has 0 bridgehead atoms. The number of carbonyl (C=O) groups is 1. The second-order valence-electron chi connectivity index (χ2n) is 2.99. The fourth-order valence-corrected chi connectivity index (χ4v) is 2.54. The van der Waals surface area contributed by atoms with E-state index in [1.165, 1.54) is 0 Å². The second-order valence-corrected chi connectivity index (χ2v) is 4.74. The highest BCUT2D eigenvalue weighted by atomic mass is 32.2. The Labute approximate surface area is 89.0 Å². The number of carbonyl (C=O) groups excluding carboxylic acids is 1. The van der Waals surface area contributed by atoms with Gasteiger partial charge in [0, 0.05) is 0 Å². The minimum atomic E-state index is -3.84. The van der Waals surface area contributed by atoms with E-state index in [1.54, 1.807) is 37.3 Å². The minimum Gasteiger partial charge on any atom is -0.348 e. The first kappa shape index (κ1) is 11.7. The van der Waals surface area contributed by atoms with Crippen molar-refractivity contribution in [3.8, 4) is 0 Å². The summed E-state index contributed by atoms with van der Waals surface area (Å²) in [5.41, 5.74) is 0.627. The van der Waals surface area contributed by atoms with Gasteiger partial charge in [-0.05, 0) is 12.0 Å². The van der Waals surface area contributed by atoms with E-state index in [4.69, 9.17) is 0 Å². The van der Waals surface area contributed by atoms with Crippen LogP contribution in [0.5, 0.6) is 0 Å². The third kappa shape index (κ3) is 2.79. The molecule has 82 valence electrons. The average molecular weight is 228 g/mol. The van der Waals surface area contributed by atoms with Crippen LogP contribution in [0.1, 0.15) is 24.2 Å². The van der Waals surface area contributed by atoms with Gasteiger partial charge in [0.05, 0.1) is 0 Å². The summed E-state index contributed by atoms with van der Waals surface area (Å²) < 4.78 is 27.1. The summed E-state index contributed by atoms with van der Waals surface area (Å²) in [6, 6.07) is 8.67. The Balaban J connectivity index is 3.05. The van der Waals surface area contributed by atoms with Crippen LogP contribution in [0.25, 0.3) is 0 Å². The molecule has 0 aliphatic carbocycles. The van der Waals surface area contributed by atoms with Crippen LogP contribution in [0.3, 0.4) is 0 Å². The van der Waals surface area contributed by atoms with Crippen molar-refractivity contribution in [1.29, 1.82) is 0 Å². The van der Waals surface area contributed by atoms with Crippen LogP contribution in [0.15, 0.2) is 30.3 Å². The molecule has 15 heavy (non-hydrogen) atoms. The van der Waals surface area contributed by atoms with Crippen LogP contribution in [0.4, 0.5) is 0 Å². The van der Waals surface area contributed by atoms with Crippen LogP contribution in [-0.2, 0) is 19.1 Å². The lowest BCUT2D eigenvalue weighted by atomic mass is 10.1. The van der Waals surface area contributed by atoms with Gasteiger partial charge in [-0.1, -0.05) is 37.3 Å². The zero-order chi connectivity index (χ0) is 11.3. The highest BCUT2D eigenvalue weighted by molar-refractivity contribution is 7.87. The molecule has 4 nitrogen and oxygen atoms in total. The van der Waals surface area contributed by atoms with Crippen molar-refractivity contribution in [2.45, 2.75) is 18.6 Å². The Kier molecular flexibility index (Phi) is 3.85. The van der Waals surface area contributed by atoms with Crippen LogP contribution >= 0.6 is 0 Å². The normalized spacial score (nSPS) is 13.1. The number of hydrogen-bond donors (Lipinski definition) is 0. The fourth-order valence-electron chi connectivity index (χ4n) is 1.40. The van der Waals surface area contributed by atoms with Gasteiger partial charge in [-0.3, -0.25) is 4.79 Å². The molecule has 1 aromatic carbocycles. The van der Waals surface area contributed by atoms with Gasteiger partial charge in [0.15, 0.2) is 0 Å². The molecular formula is C10H12O4S. The predicted octanol–water partition coefficient (Wildman–Crippen LogP) is 1.64. The smallest absolute Gasteiger partial charge is 0.318 e. The van der Waals surface area contributed by atoms with E-state index in [0.717, 1.165) is 0 Å². The summed E-state index contributed by atoms with van der Waals surface area (Å²) in [4.78, 5) is 10.1. The van der Waals surface area contributed by atoms with Crippen molar-refractivity contribution < 1.29 is 17.4 Å². The topological polar surface area (TPSA) is 60.4 Å². The molecule has 1 aromatic rings. The van der Waals surface area contributed by atoms with Crippen molar-refractivity contribution in [2.24, 2.45) is 0 Å². The van der Waals surface area contributed by atoms with E-state index in [-0.39, 0.29) is 6.47 Å². The molecule has 5 heteroatoms. The largest absolute Gasteiger partial charge is 0.348 e. The molecule has 0 heterocycles. The van der Waals surface area contributed by atoms with Crippen molar-refractivity contribution in [1.82, 2.24) is 0 Å². The number of rotatable bonds is 5. The van der Waals surface area contributed by atoms with Crippen LogP contribution < -0.4 is 0 Å². The summed E-state index contributed by atoms with van der Waals surface area (Å²) in [6.07, 6.45) is 0.361. The van der Waals surface area contributed by atoms with E-state index < -0.39 is 15.4 Å². The van der Waals surface area contributed by atoms with Crippen molar-refractivity contribution >= 4 is 16.6 Å². The first-order valence-electron chi connectivity index (χ1n) is 4.52. The van der Waals surface area contributed by atoms with Gasteiger partial charge in [0.1, 0.15) is 5.25 Å². The Morgan fingerprint density at radius 1 is 1.33 bits per heavy atom. The lowest BCUT2D eigenvalue weighted by Gasteiger charge is -2.13. The van der Waals surface area contributed by atoms with Gasteiger partial charge < -0.3 is 4.18 Å². The summed E-state index contributed by atoms with van der Waals surface area (Å²) in [5.74, 6) is 0. The first-order chi connectivity index (χ1) is 7.11. The van der Waals surface area contributed by atoms with Crippen molar-refractivity contribution in [3.63, 3.8) is 0 Å². The SMILES string of the molecule is CCC(c1ccccc1)S(=O)(=O)OC=O. The Bertz CT molecular complexity index is 410. The lowest BCUT2D eigenvalue weighted by molar-refractivity contribution is -0.120. The highest BCUT2D eigenvalue weighted by Gasteiger charge is 2.26. The standard InChI is InChI=1S/C10H12O4S/c1-2-10(15(12,13)14-8-11)9-6-4-3-5-7-9/h3-8,10H,2H2,1H3. The monoisotopic (exact) mass is 228 g/mol. The maximum atomic E-state index is 11.5. The zero-order valence-electron chi connectivity index (χ0n) is 8.29. The Hall–Kier alpha value is -1.36. The maximum Gasteiger partial charge on any atom is 0.318 e. The summed E-state index contributed by atoms with van der Waals surface area (Å²) in [5, 5.41) is -0.788. The molecule has 0 aliphatic heterocycles. The molecule has 0 radical (unpaired) electrons. The molecule has 1 unspecified atom stereocenters. The third-order valence-electron chi connectivity index (χ3n) is 2.06. The molecule has 0 aliphatic rings. The fraction of sp³-hybridized carbons (Fsp3) is 0.300. The summed E-state index contributed by atoms with van der Waals surface area (Å²) in [7, 11) is -3.84. The molecule has 0 N–H and O–H groups in total. The summed E-state index contributed by atoms with van der Waals surface area (Å²) in [6.45, 7) is 1.67. The van der Waals surface area contributed by atoms with E-state index >= 15 is 0 Å². The molecule has 0 saturated carbocycles. The second kappa shape index (κ2) is 4.93. The molecule has 0 fully saturated rings. The predicted molar refractivity (Wildman–Crippen MR) is 55.5 cm³/mol. The third-order valence-corrected chi connectivity index (χ3v) is 3.71. The van der Waals surface area contributed by atoms with Crippen LogP contribution in [-0.4, -0.2) is 14.9 Å². The highest BCUT2D eigenvalue weighted by Crippen LogP contribution is 2.26. The zero-order valence-corrected chi connectivity index (χ0v) is 9.11. The van der Waals surface area contributed by atoms with Crippen molar-refractivity contribution in [2.75, 3.05) is 0 Å². The molecule has 0 saturated heterocycles. The minimum absolute atomic E-state index is 0.0546. The molecule has 1 atom stereocenters. The van der Waals surface area contributed by atoms with E-state index in [9.17, 15) is 13.2 Å². The molecule has 0 aromatic heterocycles. The Morgan fingerprint density at radius 3 is 2.40 bits per heavy atom. The van der Waals surface area contributed by atoms with Crippen molar-refractivity contribution in [3.05, 3.63) is 35.9 Å². The quantitative estimate of drug-likeness (QED) is 0.567. The molecule has 0 amide bonds. The van der Waals surface area contributed by atoms with Gasteiger partial charge in [-0.2, -0.15) is 8.42 Å². The molecule has 1 rings (SSSR count). The molecular weight excluding hydrogens is 216 g/mol. The average Bonchev–Trinajstić information content (AvgIpc) is 2.19. The van der Waals surface area contributed by atoms with Gasteiger partial charge in [-0.25, -0.2) is 0 Å². The first-order valence-corrected chi connectivity index (χ1v) is 5.99.